The van der Waals surface area contributed by atoms with E-state index in [9.17, 15) is 13.2 Å². The molecule has 0 saturated carbocycles. The van der Waals surface area contributed by atoms with Gasteiger partial charge < -0.3 is 5.32 Å². The zero-order valence-electron chi connectivity index (χ0n) is 7.56. The maximum absolute atomic E-state index is 13.2. The largest absolute Gasteiger partial charge is 0.330 e. The number of rotatable bonds is 1. The van der Waals surface area contributed by atoms with Crippen molar-refractivity contribution in [1.29, 1.82) is 0 Å². The summed E-state index contributed by atoms with van der Waals surface area (Å²) in [6.07, 6.45) is 0. The number of nitrogens with one attached hydrogen (secondary N) is 1. The van der Waals surface area contributed by atoms with Gasteiger partial charge >= 0.3 is 0 Å². The molecule has 0 amide bonds. The highest BCUT2D eigenvalue weighted by Gasteiger charge is 2.15. The van der Waals surface area contributed by atoms with Gasteiger partial charge in [-0.25, -0.2) is 13.2 Å². The van der Waals surface area contributed by atoms with E-state index in [4.69, 9.17) is 0 Å². The molecule has 1 aromatic rings. The van der Waals surface area contributed by atoms with Crippen LogP contribution >= 0.6 is 11.8 Å². The van der Waals surface area contributed by atoms with Crippen molar-refractivity contribution >= 4 is 22.6 Å². The maximum atomic E-state index is 13.2. The van der Waals surface area contributed by atoms with Crippen molar-refractivity contribution in [3.05, 3.63) is 29.6 Å². The fraction of sp³-hybridized carbons (Fsp3) is 0.222. The first-order chi connectivity index (χ1) is 7.16. The van der Waals surface area contributed by atoms with Crippen LogP contribution in [0.2, 0.25) is 0 Å². The van der Waals surface area contributed by atoms with E-state index < -0.39 is 17.5 Å². The van der Waals surface area contributed by atoms with Crippen molar-refractivity contribution in [3.63, 3.8) is 0 Å². The molecule has 2 rings (SSSR count). The van der Waals surface area contributed by atoms with E-state index in [2.05, 4.69) is 10.3 Å². The van der Waals surface area contributed by atoms with Crippen LogP contribution in [-0.4, -0.2) is 17.5 Å². The van der Waals surface area contributed by atoms with Gasteiger partial charge in [0.1, 0.15) is 11.5 Å². The van der Waals surface area contributed by atoms with E-state index >= 15 is 0 Å². The van der Waals surface area contributed by atoms with Gasteiger partial charge in [0, 0.05) is 17.9 Å². The third-order valence-corrected chi connectivity index (χ3v) is 2.72. The molecule has 0 aromatic heterocycles. The molecule has 0 radical (unpaired) electrons. The summed E-state index contributed by atoms with van der Waals surface area (Å²) in [4.78, 5) is 3.98. The minimum absolute atomic E-state index is 0.357. The van der Waals surface area contributed by atoms with E-state index in [1.807, 2.05) is 0 Å². The topological polar surface area (TPSA) is 24.4 Å². The van der Waals surface area contributed by atoms with Gasteiger partial charge in [0.25, 0.3) is 0 Å². The predicted molar refractivity (Wildman–Crippen MR) is 54.7 cm³/mol. The zero-order valence-corrected chi connectivity index (χ0v) is 8.37. The van der Waals surface area contributed by atoms with Crippen LogP contribution in [0.15, 0.2) is 17.1 Å². The average Bonchev–Trinajstić information content (AvgIpc) is 2.63. The van der Waals surface area contributed by atoms with E-state index in [-0.39, 0.29) is 5.69 Å². The monoisotopic (exact) mass is 232 g/mol. The number of aliphatic imine (C=N–C) groups is 1. The van der Waals surface area contributed by atoms with E-state index in [1.54, 1.807) is 0 Å². The number of anilines is 1. The number of hydrogen-bond acceptors (Lipinski definition) is 3. The van der Waals surface area contributed by atoms with Gasteiger partial charge in [0.15, 0.2) is 16.8 Å². The van der Waals surface area contributed by atoms with Gasteiger partial charge in [0.05, 0.1) is 6.54 Å². The van der Waals surface area contributed by atoms with Gasteiger partial charge in [-0.3, -0.25) is 4.99 Å². The number of amidine groups is 1. The molecule has 0 unspecified atom stereocenters. The molecule has 15 heavy (non-hydrogen) atoms. The van der Waals surface area contributed by atoms with Crippen molar-refractivity contribution in [2.45, 2.75) is 0 Å². The number of halogens is 3. The number of hydrogen-bond donors (Lipinski definition) is 1. The minimum atomic E-state index is -0.956. The third-order valence-electron chi connectivity index (χ3n) is 1.82. The van der Waals surface area contributed by atoms with Crippen LogP contribution in [0.4, 0.5) is 18.9 Å². The second-order valence-corrected chi connectivity index (χ2v) is 3.99. The summed E-state index contributed by atoms with van der Waals surface area (Å²) in [5.41, 5.74) is -0.357. The molecule has 1 aromatic carbocycles. The van der Waals surface area contributed by atoms with Gasteiger partial charge in [-0.15, -0.1) is 0 Å². The lowest BCUT2D eigenvalue weighted by Gasteiger charge is -2.07. The first-order valence-electron chi connectivity index (χ1n) is 4.25. The summed E-state index contributed by atoms with van der Waals surface area (Å²) in [6.45, 7) is 0.622. The van der Waals surface area contributed by atoms with Gasteiger partial charge in [-0.1, -0.05) is 11.8 Å². The predicted octanol–water partition coefficient (Wildman–Crippen LogP) is 2.62. The molecule has 0 fully saturated rings. The standard InChI is InChI=1S/C9H7F3N2S/c10-5-3-6(11)8(7(12)4-5)14-9-13-1-2-15-9/h3-4H,1-2H2,(H,13,14). The molecule has 0 spiro atoms. The first-order valence-corrected chi connectivity index (χ1v) is 5.24. The second kappa shape index (κ2) is 4.14. The van der Waals surface area contributed by atoms with Gasteiger partial charge in [-0.05, 0) is 0 Å². The van der Waals surface area contributed by atoms with Crippen molar-refractivity contribution in [2.24, 2.45) is 4.99 Å². The van der Waals surface area contributed by atoms with Crippen LogP contribution in [0, 0.1) is 17.5 Å². The summed E-state index contributed by atoms with van der Waals surface area (Å²) < 4.78 is 38.9. The SMILES string of the molecule is Fc1cc(F)c(NC2=NCCS2)c(F)c1. The van der Waals surface area contributed by atoms with Crippen LogP contribution < -0.4 is 5.32 Å². The Bertz CT molecular complexity index is 397. The van der Waals surface area contributed by atoms with Crippen molar-refractivity contribution in [1.82, 2.24) is 0 Å². The molecule has 0 atom stereocenters. The number of benzene rings is 1. The fourth-order valence-corrected chi connectivity index (χ4v) is 1.91. The lowest BCUT2D eigenvalue weighted by molar-refractivity contribution is 0.549. The lowest BCUT2D eigenvalue weighted by atomic mass is 10.3. The maximum Gasteiger partial charge on any atom is 0.161 e. The summed E-state index contributed by atoms with van der Waals surface area (Å²) in [6, 6.07) is 1.26. The molecule has 1 heterocycles. The number of thioether (sulfide) groups is 1. The van der Waals surface area contributed by atoms with Crippen molar-refractivity contribution in [2.75, 3.05) is 17.6 Å². The Morgan fingerprint density at radius 1 is 1.20 bits per heavy atom. The quantitative estimate of drug-likeness (QED) is 0.804. The molecule has 0 saturated heterocycles. The summed E-state index contributed by atoms with van der Waals surface area (Å²) in [5.74, 6) is -2.06. The summed E-state index contributed by atoms with van der Waals surface area (Å²) in [5, 5.41) is 2.96. The second-order valence-electron chi connectivity index (χ2n) is 2.90. The molecular formula is C9H7F3N2S. The molecular weight excluding hydrogens is 225 g/mol. The van der Waals surface area contributed by atoms with Crippen LogP contribution in [0.25, 0.3) is 0 Å². The highest BCUT2D eigenvalue weighted by molar-refractivity contribution is 8.14. The Morgan fingerprint density at radius 2 is 1.87 bits per heavy atom. The van der Waals surface area contributed by atoms with Crippen LogP contribution in [0.3, 0.4) is 0 Å². The molecule has 0 bridgehead atoms. The van der Waals surface area contributed by atoms with Crippen molar-refractivity contribution in [3.8, 4) is 0 Å². The zero-order chi connectivity index (χ0) is 10.8. The van der Waals surface area contributed by atoms with Gasteiger partial charge in [0.2, 0.25) is 0 Å². The summed E-state index contributed by atoms with van der Waals surface area (Å²) in [7, 11) is 0. The molecule has 1 N–H and O–H groups in total. The third kappa shape index (κ3) is 2.26. The highest BCUT2D eigenvalue weighted by atomic mass is 32.2. The Morgan fingerprint density at radius 3 is 2.40 bits per heavy atom. The van der Waals surface area contributed by atoms with E-state index in [0.29, 0.717) is 23.8 Å². The Labute approximate surface area is 88.6 Å². The molecule has 6 heteroatoms. The average molecular weight is 232 g/mol. The lowest BCUT2D eigenvalue weighted by Crippen LogP contribution is -2.09. The normalized spacial score (nSPS) is 15.3. The van der Waals surface area contributed by atoms with E-state index in [0.717, 1.165) is 5.75 Å². The molecule has 0 aliphatic carbocycles. The molecule has 80 valence electrons. The molecule has 1 aliphatic heterocycles. The Hall–Kier alpha value is -1.17. The number of nitrogens with zero attached hydrogens (tertiary/aromatic N) is 1. The smallest absolute Gasteiger partial charge is 0.161 e. The van der Waals surface area contributed by atoms with Crippen LogP contribution in [0.5, 0.6) is 0 Å². The summed E-state index contributed by atoms with van der Waals surface area (Å²) >= 11 is 1.37. The van der Waals surface area contributed by atoms with Crippen molar-refractivity contribution < 1.29 is 13.2 Å². The van der Waals surface area contributed by atoms with Crippen LogP contribution in [-0.2, 0) is 0 Å². The first kappa shape index (κ1) is 10.4. The van der Waals surface area contributed by atoms with Gasteiger partial charge in [-0.2, -0.15) is 0 Å². The highest BCUT2D eigenvalue weighted by Crippen LogP contribution is 2.23. The Kier molecular flexibility index (Phi) is 2.86. The molecule has 2 nitrogen and oxygen atoms in total. The van der Waals surface area contributed by atoms with E-state index in [1.165, 1.54) is 11.8 Å². The van der Waals surface area contributed by atoms with Crippen LogP contribution in [0.1, 0.15) is 0 Å². The minimum Gasteiger partial charge on any atom is -0.330 e. The molecule has 1 aliphatic rings. The Balaban J connectivity index is 2.27. The fourth-order valence-electron chi connectivity index (χ4n) is 1.18.